The maximum absolute atomic E-state index is 15.9. The molecule has 38 heavy (non-hydrogen) atoms. The van der Waals surface area contributed by atoms with Crippen molar-refractivity contribution in [3.8, 4) is 0 Å². The van der Waals surface area contributed by atoms with Crippen LogP contribution in [0.25, 0.3) is 0 Å². The molecule has 1 aromatic rings. The van der Waals surface area contributed by atoms with Crippen LogP contribution in [0.4, 0.5) is 14.0 Å². The van der Waals surface area contributed by atoms with E-state index in [-0.39, 0.29) is 19.2 Å². The molecule has 0 aliphatic carbocycles. The van der Waals surface area contributed by atoms with E-state index >= 15 is 4.39 Å². The van der Waals surface area contributed by atoms with E-state index in [9.17, 15) is 9.59 Å². The molecule has 0 unspecified atom stereocenters. The van der Waals surface area contributed by atoms with E-state index in [1.807, 2.05) is 78.8 Å². The van der Waals surface area contributed by atoms with Gasteiger partial charge in [-0.15, -0.1) is 0 Å². The minimum absolute atomic E-state index is 0.0793. The number of amides is 2. The number of benzene rings is 1. The number of likely N-dealkylation sites (tertiary alicyclic amines) is 2. The fraction of sp³-hybridized carbons (Fsp3) is 0.643. The van der Waals surface area contributed by atoms with Crippen molar-refractivity contribution in [1.82, 2.24) is 9.80 Å². The van der Waals surface area contributed by atoms with Crippen LogP contribution in [-0.4, -0.2) is 71.1 Å². The standard InChI is InChI=1S/C28H40BFN2O6/c1-25(2,3)36-23(33)31-15-13-28(14-16-31)17-21(22(30)29-37-26(4,5)27(6,7)38-29)18-32(28)24(34)35-19-20-11-9-8-10-12-20/h8-12H,13-19H2,1-7H3. The summed E-state index contributed by atoms with van der Waals surface area (Å²) >= 11 is 0. The average Bonchev–Trinajstić information content (AvgIpc) is 3.30. The van der Waals surface area contributed by atoms with E-state index in [4.69, 9.17) is 18.8 Å². The molecule has 3 heterocycles. The molecule has 3 aliphatic rings. The Bertz CT molecular complexity index is 1060. The Morgan fingerprint density at radius 3 is 2.13 bits per heavy atom. The lowest BCUT2D eigenvalue weighted by Gasteiger charge is -2.44. The van der Waals surface area contributed by atoms with Crippen molar-refractivity contribution in [2.24, 2.45) is 0 Å². The summed E-state index contributed by atoms with van der Waals surface area (Å²) in [7, 11) is -1.13. The highest BCUT2D eigenvalue weighted by Gasteiger charge is 2.56. The summed E-state index contributed by atoms with van der Waals surface area (Å²) in [5.41, 5.74) is -1.80. The SMILES string of the molecule is CC(C)(C)OC(=O)N1CCC2(CC1)CC(=C(F)B1OC(C)(C)C(C)(C)O1)CN2C(=O)OCc1ccccc1. The molecular formula is C28H40BFN2O6. The summed E-state index contributed by atoms with van der Waals surface area (Å²) in [4.78, 5) is 29.3. The van der Waals surface area contributed by atoms with Crippen molar-refractivity contribution in [1.29, 1.82) is 0 Å². The molecule has 1 spiro atoms. The van der Waals surface area contributed by atoms with Crippen LogP contribution in [0.1, 0.15) is 73.3 Å². The molecule has 8 nitrogen and oxygen atoms in total. The van der Waals surface area contributed by atoms with E-state index < -0.39 is 41.3 Å². The third kappa shape index (κ3) is 5.86. The lowest BCUT2D eigenvalue weighted by atomic mass is 9.80. The van der Waals surface area contributed by atoms with Crippen molar-refractivity contribution in [2.45, 2.75) is 96.7 Å². The molecule has 0 aromatic heterocycles. The zero-order chi connectivity index (χ0) is 27.9. The number of hydrogen-bond donors (Lipinski definition) is 0. The zero-order valence-corrected chi connectivity index (χ0v) is 23.6. The van der Waals surface area contributed by atoms with Gasteiger partial charge in [-0.05, 0) is 78.9 Å². The van der Waals surface area contributed by atoms with Crippen LogP contribution in [-0.2, 0) is 25.4 Å². The molecule has 3 saturated heterocycles. The quantitative estimate of drug-likeness (QED) is 0.470. The summed E-state index contributed by atoms with van der Waals surface area (Å²) < 4.78 is 39.0. The Morgan fingerprint density at radius 1 is 1.00 bits per heavy atom. The lowest BCUT2D eigenvalue weighted by molar-refractivity contribution is 0.00158. The Hall–Kier alpha value is -2.59. The summed E-state index contributed by atoms with van der Waals surface area (Å²) in [5, 5.41) is 0. The van der Waals surface area contributed by atoms with Crippen LogP contribution in [0.3, 0.4) is 0 Å². The summed E-state index contributed by atoms with van der Waals surface area (Å²) in [6, 6.07) is 9.43. The normalized spacial score (nSPS) is 23.5. The number of piperidine rings is 1. The molecule has 0 saturated carbocycles. The predicted octanol–water partition coefficient (Wildman–Crippen LogP) is 5.65. The fourth-order valence-corrected chi connectivity index (χ4v) is 5.11. The van der Waals surface area contributed by atoms with E-state index in [0.29, 0.717) is 37.9 Å². The second kappa shape index (κ2) is 10.2. The van der Waals surface area contributed by atoms with Crippen molar-refractivity contribution in [3.63, 3.8) is 0 Å². The van der Waals surface area contributed by atoms with E-state index in [1.165, 1.54) is 0 Å². The van der Waals surface area contributed by atoms with E-state index in [2.05, 4.69) is 0 Å². The highest BCUT2D eigenvalue weighted by molar-refractivity contribution is 6.53. The van der Waals surface area contributed by atoms with Gasteiger partial charge in [0, 0.05) is 19.6 Å². The second-order valence-corrected chi connectivity index (χ2v) is 12.5. The summed E-state index contributed by atoms with van der Waals surface area (Å²) in [5.74, 6) is 0. The van der Waals surface area contributed by atoms with Gasteiger partial charge >= 0.3 is 19.3 Å². The van der Waals surface area contributed by atoms with Crippen LogP contribution >= 0.6 is 0 Å². The maximum atomic E-state index is 15.9. The van der Waals surface area contributed by atoms with Crippen LogP contribution in [0.2, 0.25) is 0 Å². The van der Waals surface area contributed by atoms with Gasteiger partial charge in [-0.3, -0.25) is 4.90 Å². The number of halogens is 1. The van der Waals surface area contributed by atoms with Crippen LogP contribution < -0.4 is 0 Å². The first-order valence-corrected chi connectivity index (χ1v) is 13.3. The monoisotopic (exact) mass is 530 g/mol. The fourth-order valence-electron chi connectivity index (χ4n) is 5.11. The van der Waals surface area contributed by atoms with Gasteiger partial charge in [-0.25, -0.2) is 14.0 Å². The van der Waals surface area contributed by atoms with Crippen LogP contribution in [0.15, 0.2) is 41.6 Å². The highest BCUT2D eigenvalue weighted by Crippen LogP contribution is 2.45. The lowest BCUT2D eigenvalue weighted by Crippen LogP contribution is -2.55. The Morgan fingerprint density at radius 2 is 1.58 bits per heavy atom. The number of rotatable bonds is 3. The van der Waals surface area contributed by atoms with Gasteiger partial charge in [0.2, 0.25) is 0 Å². The molecule has 0 radical (unpaired) electrons. The number of hydrogen-bond acceptors (Lipinski definition) is 6. The smallest absolute Gasteiger partial charge is 0.445 e. The maximum Gasteiger partial charge on any atom is 0.525 e. The van der Waals surface area contributed by atoms with E-state index in [1.54, 1.807) is 9.80 Å². The average molecular weight is 530 g/mol. The van der Waals surface area contributed by atoms with Crippen molar-refractivity contribution in [3.05, 3.63) is 47.2 Å². The second-order valence-electron chi connectivity index (χ2n) is 12.5. The zero-order valence-electron chi connectivity index (χ0n) is 23.6. The predicted molar refractivity (Wildman–Crippen MR) is 142 cm³/mol. The van der Waals surface area contributed by atoms with Crippen molar-refractivity contribution < 1.29 is 32.8 Å². The molecule has 208 valence electrons. The highest BCUT2D eigenvalue weighted by atomic mass is 19.1. The molecule has 3 aliphatic heterocycles. The minimum atomic E-state index is -1.13. The molecule has 10 heteroatoms. The number of carbonyl (C=O) groups is 2. The number of nitrogens with zero attached hydrogens (tertiary/aromatic N) is 2. The number of carbonyl (C=O) groups excluding carboxylic acids is 2. The van der Waals surface area contributed by atoms with Gasteiger partial charge in [-0.2, -0.15) is 0 Å². The van der Waals surface area contributed by atoms with Gasteiger partial charge in [0.05, 0.1) is 16.7 Å². The molecule has 2 amide bonds. The Kier molecular flexibility index (Phi) is 7.62. The van der Waals surface area contributed by atoms with Crippen molar-refractivity contribution in [2.75, 3.05) is 19.6 Å². The minimum Gasteiger partial charge on any atom is -0.445 e. The molecular weight excluding hydrogens is 490 g/mol. The van der Waals surface area contributed by atoms with Gasteiger partial charge < -0.3 is 23.7 Å². The molecule has 0 atom stereocenters. The first-order valence-electron chi connectivity index (χ1n) is 13.3. The van der Waals surface area contributed by atoms with Crippen molar-refractivity contribution >= 4 is 19.3 Å². The molecule has 3 fully saturated rings. The molecule has 1 aromatic carbocycles. The van der Waals surface area contributed by atoms with Crippen LogP contribution in [0.5, 0.6) is 0 Å². The van der Waals surface area contributed by atoms with Gasteiger partial charge in [0.15, 0.2) is 0 Å². The van der Waals surface area contributed by atoms with Gasteiger partial charge in [0.25, 0.3) is 0 Å². The Balaban J connectivity index is 1.54. The third-order valence-corrected chi connectivity index (χ3v) is 8.03. The van der Waals surface area contributed by atoms with Gasteiger partial charge in [0.1, 0.15) is 17.9 Å². The third-order valence-electron chi connectivity index (χ3n) is 8.03. The first-order chi connectivity index (χ1) is 17.6. The van der Waals surface area contributed by atoms with E-state index in [0.717, 1.165) is 5.56 Å². The number of ether oxygens (including phenoxy) is 2. The molecule has 0 bridgehead atoms. The Labute approximate surface area is 225 Å². The first kappa shape index (κ1) is 28.4. The molecule has 0 N–H and O–H groups in total. The van der Waals surface area contributed by atoms with Gasteiger partial charge in [-0.1, -0.05) is 30.3 Å². The summed E-state index contributed by atoms with van der Waals surface area (Å²) in [6.07, 6.45) is 0.393. The molecule has 4 rings (SSSR count). The van der Waals surface area contributed by atoms with Crippen LogP contribution in [0, 0.1) is 0 Å². The largest absolute Gasteiger partial charge is 0.525 e. The topological polar surface area (TPSA) is 77.5 Å². The summed E-state index contributed by atoms with van der Waals surface area (Å²) in [6.45, 7) is 14.0.